The average molecular weight is 440 g/mol. The molecule has 10 heteroatoms. The molecule has 0 unspecified atom stereocenters. The van der Waals surface area contributed by atoms with Crippen LogP contribution in [0, 0.1) is 0 Å². The molecule has 116 valence electrons. The lowest BCUT2D eigenvalue weighted by atomic mass is 10.3. The van der Waals surface area contributed by atoms with Gasteiger partial charge in [0.2, 0.25) is 11.5 Å². The molecule has 0 radical (unpaired) electrons. The molecule has 3 nitrogen and oxygen atoms in total. The minimum absolute atomic E-state index is 0.0494. The summed E-state index contributed by atoms with van der Waals surface area (Å²) in [5, 5.41) is 1.11. The SMILES string of the molecule is O=[P+](Oc1cc(Cl)c(Cl)cc1Cl)Oc1cc(Cl)c(Cl)cc1Cl. The van der Waals surface area contributed by atoms with E-state index in [0.717, 1.165) is 0 Å². The maximum absolute atomic E-state index is 11.9. The zero-order valence-electron chi connectivity index (χ0n) is 10.2. The molecule has 0 fully saturated rings. The van der Waals surface area contributed by atoms with Gasteiger partial charge in [-0.1, -0.05) is 69.6 Å². The Bertz CT molecular complexity index is 691. The lowest BCUT2D eigenvalue weighted by Crippen LogP contribution is -1.91. The van der Waals surface area contributed by atoms with Gasteiger partial charge in [-0.05, 0) is 12.1 Å². The largest absolute Gasteiger partial charge is 0.805 e. The number of halogens is 6. The second-order valence-corrected chi connectivity index (χ2v) is 7.06. The van der Waals surface area contributed by atoms with Gasteiger partial charge in [-0.2, -0.15) is 0 Å². The first-order valence-corrected chi connectivity index (χ1v) is 8.76. The van der Waals surface area contributed by atoms with Crippen molar-refractivity contribution in [1.82, 2.24) is 0 Å². The average Bonchev–Trinajstić information content (AvgIpc) is 2.42. The van der Waals surface area contributed by atoms with Crippen LogP contribution in [0.3, 0.4) is 0 Å². The van der Waals surface area contributed by atoms with E-state index >= 15 is 0 Å². The molecule has 0 aliphatic rings. The molecule has 0 N–H and O–H groups in total. The molecule has 0 saturated heterocycles. The molecule has 0 atom stereocenters. The third-order valence-corrected chi connectivity index (χ3v) is 5.02. The fraction of sp³-hybridized carbons (Fsp3) is 0. The fourth-order valence-electron chi connectivity index (χ4n) is 1.33. The lowest BCUT2D eigenvalue weighted by molar-refractivity contribution is 0.416. The number of hydrogen-bond acceptors (Lipinski definition) is 3. The van der Waals surface area contributed by atoms with E-state index in [9.17, 15) is 4.57 Å². The Morgan fingerprint density at radius 3 is 1.27 bits per heavy atom. The smallest absolute Gasteiger partial charge is 0.221 e. The van der Waals surface area contributed by atoms with E-state index in [1.165, 1.54) is 24.3 Å². The standard InChI is InChI=1S/C12H4Cl6O3P/c13-5-1-9(17)11(3-7(5)15)20-22(19)21-12-4-8(16)6(14)2-10(12)18/h1-4H/q+1. The maximum atomic E-state index is 11.9. The van der Waals surface area contributed by atoms with Gasteiger partial charge in [0.25, 0.3) is 0 Å². The van der Waals surface area contributed by atoms with Crippen LogP contribution >= 0.6 is 77.9 Å². The molecule has 0 aromatic heterocycles. The van der Waals surface area contributed by atoms with E-state index in [4.69, 9.17) is 78.7 Å². The van der Waals surface area contributed by atoms with Gasteiger partial charge < -0.3 is 0 Å². The van der Waals surface area contributed by atoms with Crippen LogP contribution < -0.4 is 9.05 Å². The number of hydrogen-bond donors (Lipinski definition) is 0. The van der Waals surface area contributed by atoms with Crippen molar-refractivity contribution in [1.29, 1.82) is 0 Å². The highest BCUT2D eigenvalue weighted by Gasteiger charge is 2.28. The molecule has 0 aliphatic heterocycles. The van der Waals surface area contributed by atoms with Gasteiger partial charge in [0.15, 0.2) is 0 Å². The number of benzene rings is 2. The van der Waals surface area contributed by atoms with E-state index in [1.54, 1.807) is 0 Å². The van der Waals surface area contributed by atoms with Gasteiger partial charge in [0.05, 0.1) is 30.1 Å². The minimum atomic E-state index is -2.63. The molecule has 2 aromatic carbocycles. The Balaban J connectivity index is 2.17. The van der Waals surface area contributed by atoms with Gasteiger partial charge in [0, 0.05) is 16.7 Å². The molecule has 0 saturated carbocycles. The Labute approximate surface area is 156 Å². The molecule has 0 aliphatic carbocycles. The Kier molecular flexibility index (Phi) is 6.32. The summed E-state index contributed by atoms with van der Waals surface area (Å²) in [4.78, 5) is 0. The van der Waals surface area contributed by atoms with Gasteiger partial charge in [-0.3, -0.25) is 0 Å². The van der Waals surface area contributed by atoms with Gasteiger partial charge >= 0.3 is 8.25 Å². The molecule has 2 rings (SSSR count). The van der Waals surface area contributed by atoms with Crippen molar-refractivity contribution in [3.8, 4) is 11.5 Å². The van der Waals surface area contributed by atoms with Crippen molar-refractivity contribution < 1.29 is 13.6 Å². The van der Waals surface area contributed by atoms with E-state index in [2.05, 4.69) is 0 Å². The Morgan fingerprint density at radius 2 is 0.909 bits per heavy atom. The highest BCUT2D eigenvalue weighted by molar-refractivity contribution is 7.34. The number of rotatable bonds is 4. The molecule has 2 aromatic rings. The fourth-order valence-corrected chi connectivity index (χ4v) is 3.25. The second-order valence-electron chi connectivity index (χ2n) is 3.80. The summed E-state index contributed by atoms with van der Waals surface area (Å²) in [5.74, 6) is 0.0988. The maximum Gasteiger partial charge on any atom is 0.805 e. The quantitative estimate of drug-likeness (QED) is 0.361. The van der Waals surface area contributed by atoms with E-state index in [1.807, 2.05) is 0 Å². The van der Waals surface area contributed by atoms with E-state index < -0.39 is 8.25 Å². The third-order valence-electron chi connectivity index (χ3n) is 2.30. The third kappa shape index (κ3) is 4.46. The summed E-state index contributed by atoms with van der Waals surface area (Å²) < 4.78 is 22.1. The summed E-state index contributed by atoms with van der Waals surface area (Å²) in [6, 6.07) is 5.35. The van der Waals surface area contributed by atoms with Crippen LogP contribution in [0.2, 0.25) is 30.1 Å². The summed E-state index contributed by atoms with van der Waals surface area (Å²) in [7, 11) is -2.63. The van der Waals surface area contributed by atoms with Gasteiger partial charge in [-0.25, -0.2) is 9.05 Å². The zero-order chi connectivity index (χ0) is 16.4. The van der Waals surface area contributed by atoms with Crippen molar-refractivity contribution in [2.24, 2.45) is 0 Å². The predicted octanol–water partition coefficient (Wildman–Crippen LogP) is 7.72. The summed E-state index contributed by atoms with van der Waals surface area (Å²) in [5.41, 5.74) is 0. The first-order valence-electron chi connectivity index (χ1n) is 5.40. The molecular formula is C12H4Cl6O3P+. The topological polar surface area (TPSA) is 35.5 Å². The first-order chi connectivity index (χ1) is 10.3. The van der Waals surface area contributed by atoms with Crippen molar-refractivity contribution in [3.63, 3.8) is 0 Å². The van der Waals surface area contributed by atoms with Crippen LogP contribution in [-0.4, -0.2) is 0 Å². The monoisotopic (exact) mass is 437 g/mol. The minimum Gasteiger partial charge on any atom is -0.221 e. The molecule has 0 heterocycles. The Hall–Kier alpha value is -0.120. The molecule has 22 heavy (non-hydrogen) atoms. The van der Waals surface area contributed by atoms with Crippen molar-refractivity contribution in [3.05, 3.63) is 54.4 Å². The Morgan fingerprint density at radius 1 is 0.591 bits per heavy atom. The second kappa shape index (κ2) is 7.63. The zero-order valence-corrected chi connectivity index (χ0v) is 15.7. The summed E-state index contributed by atoms with van der Waals surface area (Å²) in [6.45, 7) is 0. The van der Waals surface area contributed by atoms with Crippen LogP contribution in [0.25, 0.3) is 0 Å². The van der Waals surface area contributed by atoms with Crippen LogP contribution in [0.4, 0.5) is 0 Å². The van der Waals surface area contributed by atoms with Crippen molar-refractivity contribution >= 4 is 77.9 Å². The summed E-state index contributed by atoms with van der Waals surface area (Å²) in [6.07, 6.45) is 0. The van der Waals surface area contributed by atoms with Crippen molar-refractivity contribution in [2.75, 3.05) is 0 Å². The molecule has 0 amide bonds. The van der Waals surface area contributed by atoms with E-state index in [-0.39, 0.29) is 41.6 Å². The van der Waals surface area contributed by atoms with Crippen LogP contribution in [0.15, 0.2) is 24.3 Å². The van der Waals surface area contributed by atoms with Crippen LogP contribution in [0.5, 0.6) is 11.5 Å². The predicted molar refractivity (Wildman–Crippen MR) is 91.8 cm³/mol. The lowest BCUT2D eigenvalue weighted by Gasteiger charge is -2.02. The first kappa shape index (κ1) is 18.2. The van der Waals surface area contributed by atoms with E-state index in [0.29, 0.717) is 0 Å². The highest BCUT2D eigenvalue weighted by atomic mass is 35.5. The summed E-state index contributed by atoms with van der Waals surface area (Å²) >= 11 is 35.1. The van der Waals surface area contributed by atoms with Gasteiger partial charge in [0.1, 0.15) is 0 Å². The molecular weight excluding hydrogens is 436 g/mol. The van der Waals surface area contributed by atoms with Crippen molar-refractivity contribution in [2.45, 2.75) is 0 Å². The van der Waals surface area contributed by atoms with Crippen LogP contribution in [0.1, 0.15) is 0 Å². The van der Waals surface area contributed by atoms with Gasteiger partial charge in [-0.15, -0.1) is 0 Å². The normalized spacial score (nSPS) is 10.5. The van der Waals surface area contributed by atoms with Crippen LogP contribution in [-0.2, 0) is 4.57 Å². The molecule has 0 spiro atoms. The highest BCUT2D eigenvalue weighted by Crippen LogP contribution is 2.42. The molecule has 0 bridgehead atoms.